The van der Waals surface area contributed by atoms with Crippen LogP contribution < -0.4 is 21.7 Å². The highest BCUT2D eigenvalue weighted by Gasteiger charge is 2.26. The molecule has 1 atom stereocenters. The Morgan fingerprint density at radius 1 is 1.12 bits per heavy atom. The van der Waals surface area contributed by atoms with Crippen LogP contribution in [0.4, 0.5) is 10.5 Å². The van der Waals surface area contributed by atoms with Crippen molar-refractivity contribution in [3.8, 4) is 0 Å². The lowest BCUT2D eigenvalue weighted by Crippen LogP contribution is -2.52. The van der Waals surface area contributed by atoms with Crippen molar-refractivity contribution in [3.05, 3.63) is 29.8 Å². The van der Waals surface area contributed by atoms with Crippen LogP contribution in [0.1, 0.15) is 51.4 Å². The van der Waals surface area contributed by atoms with E-state index >= 15 is 0 Å². The minimum absolute atomic E-state index is 0.0601. The molecule has 0 saturated carbocycles. The highest BCUT2D eigenvalue weighted by Crippen LogP contribution is 2.17. The van der Waals surface area contributed by atoms with E-state index < -0.39 is 5.54 Å². The zero-order chi connectivity index (χ0) is 18.3. The number of carbonyl (C=O) groups excluding carboxylic acids is 2. The predicted octanol–water partition coefficient (Wildman–Crippen LogP) is 2.71. The normalized spacial score (nSPS) is 13.5. The number of nitrogens with two attached hydrogens (primary N) is 1. The van der Waals surface area contributed by atoms with Crippen LogP contribution in [0.15, 0.2) is 24.3 Å². The number of benzene rings is 1. The number of hydrogen-bond acceptors (Lipinski definition) is 3. The van der Waals surface area contributed by atoms with E-state index in [1.165, 1.54) is 0 Å². The maximum atomic E-state index is 12.4. The number of carbonyl (C=O) groups is 2. The molecule has 1 aromatic carbocycles. The molecule has 0 heterocycles. The van der Waals surface area contributed by atoms with Gasteiger partial charge in [-0.1, -0.05) is 13.8 Å². The van der Waals surface area contributed by atoms with Crippen molar-refractivity contribution >= 4 is 17.6 Å². The molecular weight excluding hydrogens is 304 g/mol. The molecule has 3 amide bonds. The monoisotopic (exact) mass is 334 g/mol. The molecule has 0 saturated heterocycles. The quantitative estimate of drug-likeness (QED) is 0.617. The molecular formula is C18H30N4O2. The van der Waals surface area contributed by atoms with E-state index in [9.17, 15) is 9.59 Å². The van der Waals surface area contributed by atoms with Crippen LogP contribution in [-0.2, 0) is 0 Å². The zero-order valence-corrected chi connectivity index (χ0v) is 15.3. The Balaban J connectivity index is 2.71. The van der Waals surface area contributed by atoms with Crippen molar-refractivity contribution in [2.24, 2.45) is 11.7 Å². The number of nitrogens with one attached hydrogen (secondary N) is 3. The fourth-order valence-corrected chi connectivity index (χ4v) is 2.57. The molecule has 134 valence electrons. The van der Waals surface area contributed by atoms with E-state index in [2.05, 4.69) is 29.8 Å². The Morgan fingerprint density at radius 2 is 1.71 bits per heavy atom. The fourth-order valence-electron chi connectivity index (χ4n) is 2.57. The van der Waals surface area contributed by atoms with Gasteiger partial charge in [-0.25, -0.2) is 4.79 Å². The largest absolute Gasteiger partial charge is 0.346 e. The standard InChI is InChI=1S/C18H30N4O2/c1-12(2)10-18(5,11-19)22-16(23)14-6-8-15(9-7-14)21-17(24)20-13(3)4/h6-9,12-13H,10-11,19H2,1-5H3,(H,22,23)(H2,20,21,24). The average molecular weight is 334 g/mol. The molecule has 0 aliphatic heterocycles. The number of anilines is 1. The number of urea groups is 1. The van der Waals surface area contributed by atoms with Gasteiger partial charge in [-0.05, 0) is 57.4 Å². The lowest BCUT2D eigenvalue weighted by molar-refractivity contribution is 0.0898. The molecule has 5 N–H and O–H groups in total. The average Bonchev–Trinajstić information content (AvgIpc) is 2.46. The fraction of sp³-hybridized carbons (Fsp3) is 0.556. The molecule has 0 spiro atoms. The Labute approximate surface area is 144 Å². The third-order valence-electron chi connectivity index (χ3n) is 3.55. The maximum Gasteiger partial charge on any atom is 0.319 e. The van der Waals surface area contributed by atoms with E-state index in [1.807, 2.05) is 20.8 Å². The Hall–Kier alpha value is -2.08. The molecule has 6 nitrogen and oxygen atoms in total. The summed E-state index contributed by atoms with van der Waals surface area (Å²) in [6.07, 6.45) is 0.810. The molecule has 1 rings (SSSR count). The van der Waals surface area contributed by atoms with Crippen LogP contribution in [0.2, 0.25) is 0 Å². The summed E-state index contributed by atoms with van der Waals surface area (Å²) in [5, 5.41) is 8.48. The van der Waals surface area contributed by atoms with Gasteiger partial charge in [0.1, 0.15) is 0 Å². The molecule has 0 bridgehead atoms. The van der Waals surface area contributed by atoms with Crippen LogP contribution in [-0.4, -0.2) is 30.1 Å². The topological polar surface area (TPSA) is 96.2 Å². The summed E-state index contributed by atoms with van der Waals surface area (Å²) < 4.78 is 0. The summed E-state index contributed by atoms with van der Waals surface area (Å²) in [7, 11) is 0. The molecule has 6 heteroatoms. The van der Waals surface area contributed by atoms with Gasteiger partial charge in [0.15, 0.2) is 0 Å². The minimum atomic E-state index is -0.431. The van der Waals surface area contributed by atoms with Crippen LogP contribution in [0.5, 0.6) is 0 Å². The van der Waals surface area contributed by atoms with Crippen molar-refractivity contribution in [1.29, 1.82) is 0 Å². The second-order valence-corrected chi connectivity index (χ2v) is 7.15. The van der Waals surface area contributed by atoms with Gasteiger partial charge in [0.25, 0.3) is 5.91 Å². The van der Waals surface area contributed by atoms with Crippen molar-refractivity contribution in [2.75, 3.05) is 11.9 Å². The van der Waals surface area contributed by atoms with Gasteiger partial charge in [0.05, 0.1) is 0 Å². The summed E-state index contributed by atoms with van der Waals surface area (Å²) in [4.78, 5) is 24.1. The zero-order valence-electron chi connectivity index (χ0n) is 15.3. The van der Waals surface area contributed by atoms with Crippen LogP contribution >= 0.6 is 0 Å². The number of amides is 3. The number of hydrogen-bond donors (Lipinski definition) is 4. The first-order valence-electron chi connectivity index (χ1n) is 8.35. The first-order valence-corrected chi connectivity index (χ1v) is 8.35. The Bertz CT molecular complexity index is 555. The van der Waals surface area contributed by atoms with Gasteiger partial charge in [0.2, 0.25) is 0 Å². The third kappa shape index (κ3) is 6.58. The lowest BCUT2D eigenvalue weighted by Gasteiger charge is -2.31. The van der Waals surface area contributed by atoms with Crippen molar-refractivity contribution in [3.63, 3.8) is 0 Å². The van der Waals surface area contributed by atoms with Crippen LogP contribution in [0.3, 0.4) is 0 Å². The van der Waals surface area contributed by atoms with Crippen LogP contribution in [0, 0.1) is 5.92 Å². The van der Waals surface area contributed by atoms with Gasteiger partial charge in [-0.2, -0.15) is 0 Å². The van der Waals surface area contributed by atoms with E-state index in [4.69, 9.17) is 5.73 Å². The van der Waals surface area contributed by atoms with Crippen molar-refractivity contribution < 1.29 is 9.59 Å². The third-order valence-corrected chi connectivity index (χ3v) is 3.55. The van der Waals surface area contributed by atoms with E-state index in [0.29, 0.717) is 23.7 Å². The van der Waals surface area contributed by atoms with Gasteiger partial charge < -0.3 is 21.7 Å². The van der Waals surface area contributed by atoms with Gasteiger partial charge >= 0.3 is 6.03 Å². The summed E-state index contributed by atoms with van der Waals surface area (Å²) in [5.74, 6) is 0.270. The molecule has 1 unspecified atom stereocenters. The van der Waals surface area contributed by atoms with E-state index in [-0.39, 0.29) is 18.0 Å². The Morgan fingerprint density at radius 3 is 2.17 bits per heavy atom. The smallest absolute Gasteiger partial charge is 0.319 e. The molecule has 0 aliphatic rings. The molecule has 0 aromatic heterocycles. The summed E-state index contributed by atoms with van der Waals surface area (Å²) in [6.45, 7) is 10.3. The minimum Gasteiger partial charge on any atom is -0.346 e. The highest BCUT2D eigenvalue weighted by molar-refractivity contribution is 5.96. The summed E-state index contributed by atoms with van der Waals surface area (Å²) in [5.41, 5.74) is 6.57. The SMILES string of the molecule is CC(C)CC(C)(CN)NC(=O)c1ccc(NC(=O)NC(C)C)cc1. The summed E-state index contributed by atoms with van der Waals surface area (Å²) >= 11 is 0. The second kappa shape index (κ2) is 8.68. The van der Waals surface area contributed by atoms with Gasteiger partial charge in [0, 0.05) is 29.4 Å². The van der Waals surface area contributed by atoms with Crippen LogP contribution in [0.25, 0.3) is 0 Å². The predicted molar refractivity (Wildman–Crippen MR) is 98.1 cm³/mol. The van der Waals surface area contributed by atoms with E-state index in [1.54, 1.807) is 24.3 Å². The summed E-state index contributed by atoms with van der Waals surface area (Å²) in [6, 6.07) is 6.58. The first kappa shape index (κ1) is 20.0. The Kier molecular flexibility index (Phi) is 7.22. The second-order valence-electron chi connectivity index (χ2n) is 7.15. The molecule has 0 fully saturated rings. The molecule has 0 aliphatic carbocycles. The molecule has 24 heavy (non-hydrogen) atoms. The van der Waals surface area contributed by atoms with Crippen molar-refractivity contribution in [1.82, 2.24) is 10.6 Å². The van der Waals surface area contributed by atoms with Crippen molar-refractivity contribution in [2.45, 2.75) is 52.6 Å². The van der Waals surface area contributed by atoms with E-state index in [0.717, 1.165) is 6.42 Å². The molecule has 0 radical (unpaired) electrons. The lowest BCUT2D eigenvalue weighted by atomic mass is 9.90. The van der Waals surface area contributed by atoms with Gasteiger partial charge in [-0.15, -0.1) is 0 Å². The maximum absolute atomic E-state index is 12.4. The first-order chi connectivity index (χ1) is 11.1. The van der Waals surface area contributed by atoms with Gasteiger partial charge in [-0.3, -0.25) is 4.79 Å². The molecule has 1 aromatic rings. The number of rotatable bonds is 7. The highest BCUT2D eigenvalue weighted by atomic mass is 16.2.